The molecule has 0 saturated carbocycles. The molecule has 0 aliphatic carbocycles. The molecule has 0 spiro atoms. The van der Waals surface area contributed by atoms with Gasteiger partial charge in [0.2, 0.25) is 0 Å². The van der Waals surface area contributed by atoms with Crippen molar-refractivity contribution < 1.29 is 0 Å². The normalized spacial score (nSPS) is 10.7. The average Bonchev–Trinajstić information content (AvgIpc) is 2.53. The molecule has 0 unspecified atom stereocenters. The Morgan fingerprint density at radius 3 is 1.83 bits per heavy atom. The van der Waals surface area contributed by atoms with Crippen molar-refractivity contribution in [1.29, 1.82) is 5.41 Å². The molecule has 0 amide bonds. The first-order chi connectivity index (χ1) is 10.8. The van der Waals surface area contributed by atoms with Gasteiger partial charge in [0.1, 0.15) is 0 Å². The van der Waals surface area contributed by atoms with Crippen LogP contribution in [0.15, 0.2) is 42.5 Å². The molecule has 0 heterocycles. The van der Waals surface area contributed by atoms with Gasteiger partial charge in [-0.2, -0.15) is 0 Å². The lowest BCUT2D eigenvalue weighted by Gasteiger charge is -2.19. The summed E-state index contributed by atoms with van der Waals surface area (Å²) >= 11 is 0. The molecule has 0 radical (unpaired) electrons. The van der Waals surface area contributed by atoms with Crippen LogP contribution in [-0.2, 0) is 0 Å². The number of nitrogens with one attached hydrogen (secondary N) is 1. The van der Waals surface area contributed by atoms with Crippen LogP contribution in [-0.4, -0.2) is 33.9 Å². The van der Waals surface area contributed by atoms with E-state index in [9.17, 15) is 0 Å². The highest BCUT2D eigenvalue weighted by atomic mass is 15.1. The monoisotopic (exact) mass is 309 g/mol. The Morgan fingerprint density at radius 1 is 0.826 bits per heavy atom. The minimum atomic E-state index is 0.381. The molecule has 3 nitrogen and oxygen atoms in total. The highest BCUT2D eigenvalue weighted by Crippen LogP contribution is 2.27. The molecule has 0 atom stereocenters. The number of hydrogen-bond donors (Lipinski definition) is 1. The molecule has 1 N–H and O–H groups in total. The van der Waals surface area contributed by atoms with Gasteiger partial charge in [-0.1, -0.05) is 32.0 Å². The van der Waals surface area contributed by atoms with Crippen LogP contribution in [0, 0.1) is 5.41 Å². The van der Waals surface area contributed by atoms with E-state index in [4.69, 9.17) is 5.41 Å². The minimum absolute atomic E-state index is 0.381. The Bertz CT molecular complexity index is 683. The van der Waals surface area contributed by atoms with E-state index in [0.717, 1.165) is 16.8 Å². The molecule has 2 rings (SSSR count). The van der Waals surface area contributed by atoms with Crippen LogP contribution >= 0.6 is 0 Å². The molecule has 0 aliphatic rings. The van der Waals surface area contributed by atoms with Crippen LogP contribution in [0.1, 0.15) is 36.5 Å². The van der Waals surface area contributed by atoms with Gasteiger partial charge in [-0.25, -0.2) is 0 Å². The quantitative estimate of drug-likeness (QED) is 0.832. The third kappa shape index (κ3) is 3.73. The molecule has 122 valence electrons. The van der Waals surface area contributed by atoms with Crippen molar-refractivity contribution in [2.75, 3.05) is 38.0 Å². The van der Waals surface area contributed by atoms with Crippen molar-refractivity contribution in [3.05, 3.63) is 59.2 Å². The van der Waals surface area contributed by atoms with Crippen LogP contribution in [0.4, 0.5) is 11.4 Å². The Hall–Kier alpha value is -2.29. The molecule has 2 aromatic carbocycles. The lowest BCUT2D eigenvalue weighted by Crippen LogP contribution is -2.12. The van der Waals surface area contributed by atoms with Crippen molar-refractivity contribution in [3.63, 3.8) is 0 Å². The SMILES string of the molecule is CC(C)c1cc(N(C)C)ccc1C(=N)c1ccc(N(C)C)cc1. The van der Waals surface area contributed by atoms with Crippen LogP contribution in [0.3, 0.4) is 0 Å². The molecule has 0 saturated heterocycles. The van der Waals surface area contributed by atoms with E-state index in [1.165, 1.54) is 11.3 Å². The second-order valence-corrected chi connectivity index (χ2v) is 6.64. The fourth-order valence-corrected chi connectivity index (χ4v) is 2.62. The van der Waals surface area contributed by atoms with Crippen LogP contribution in [0.2, 0.25) is 0 Å². The predicted molar refractivity (Wildman–Crippen MR) is 102 cm³/mol. The molecule has 2 aromatic rings. The summed E-state index contributed by atoms with van der Waals surface area (Å²) in [6.45, 7) is 4.36. The van der Waals surface area contributed by atoms with E-state index in [1.807, 2.05) is 40.3 Å². The molecule has 0 bridgehead atoms. The zero-order chi connectivity index (χ0) is 17.1. The van der Waals surface area contributed by atoms with E-state index >= 15 is 0 Å². The lowest BCUT2D eigenvalue weighted by molar-refractivity contribution is 0.862. The van der Waals surface area contributed by atoms with Gasteiger partial charge < -0.3 is 9.80 Å². The average molecular weight is 309 g/mol. The van der Waals surface area contributed by atoms with Gasteiger partial charge in [0.05, 0.1) is 5.71 Å². The van der Waals surface area contributed by atoms with Crippen LogP contribution in [0.5, 0.6) is 0 Å². The number of nitrogens with zero attached hydrogens (tertiary/aromatic N) is 2. The number of hydrogen-bond acceptors (Lipinski definition) is 3. The maximum absolute atomic E-state index is 8.63. The Labute approximate surface area is 140 Å². The van der Waals surface area contributed by atoms with E-state index in [2.05, 4.69) is 54.0 Å². The second kappa shape index (κ2) is 6.86. The van der Waals surface area contributed by atoms with Gasteiger partial charge in [-0.05, 0) is 35.7 Å². The fourth-order valence-electron chi connectivity index (χ4n) is 2.62. The summed E-state index contributed by atoms with van der Waals surface area (Å²) in [5.74, 6) is 0.381. The number of anilines is 2. The summed E-state index contributed by atoms with van der Waals surface area (Å²) in [6.07, 6.45) is 0. The number of benzene rings is 2. The minimum Gasteiger partial charge on any atom is -0.378 e. The topological polar surface area (TPSA) is 30.3 Å². The van der Waals surface area contributed by atoms with Crippen molar-refractivity contribution in [2.45, 2.75) is 19.8 Å². The van der Waals surface area contributed by atoms with Gasteiger partial charge in [-0.3, -0.25) is 5.41 Å². The summed E-state index contributed by atoms with van der Waals surface area (Å²) in [5, 5.41) is 8.63. The highest BCUT2D eigenvalue weighted by molar-refractivity contribution is 6.12. The molecule has 0 fully saturated rings. The van der Waals surface area contributed by atoms with Crippen molar-refractivity contribution in [3.8, 4) is 0 Å². The predicted octanol–water partition coefficient (Wildman–Crippen LogP) is 4.36. The molecule has 0 aliphatic heterocycles. The lowest BCUT2D eigenvalue weighted by atomic mass is 9.91. The van der Waals surface area contributed by atoms with Crippen LogP contribution in [0.25, 0.3) is 0 Å². The van der Waals surface area contributed by atoms with E-state index in [1.54, 1.807) is 0 Å². The van der Waals surface area contributed by atoms with E-state index < -0.39 is 0 Å². The summed E-state index contributed by atoms with van der Waals surface area (Å²) < 4.78 is 0. The van der Waals surface area contributed by atoms with E-state index in [-0.39, 0.29) is 0 Å². The van der Waals surface area contributed by atoms with E-state index in [0.29, 0.717) is 11.6 Å². The first kappa shape index (κ1) is 17.1. The summed E-state index contributed by atoms with van der Waals surface area (Å²) in [7, 11) is 8.14. The van der Waals surface area contributed by atoms with Crippen molar-refractivity contribution in [2.24, 2.45) is 0 Å². The Kier molecular flexibility index (Phi) is 5.09. The van der Waals surface area contributed by atoms with Gasteiger partial charge in [0.25, 0.3) is 0 Å². The summed E-state index contributed by atoms with van der Waals surface area (Å²) in [4.78, 5) is 4.17. The van der Waals surface area contributed by atoms with Crippen molar-refractivity contribution >= 4 is 17.1 Å². The van der Waals surface area contributed by atoms with Crippen LogP contribution < -0.4 is 9.80 Å². The molecule has 3 heteroatoms. The summed E-state index contributed by atoms with van der Waals surface area (Å²) in [5.41, 5.74) is 6.10. The molecular weight excluding hydrogens is 282 g/mol. The standard InChI is InChI=1S/C20H27N3/c1-14(2)19-13-17(23(5)6)11-12-18(19)20(21)15-7-9-16(10-8-15)22(3)4/h7-14,21H,1-6H3. The zero-order valence-electron chi connectivity index (χ0n) is 15.0. The third-order valence-corrected chi connectivity index (χ3v) is 4.12. The van der Waals surface area contributed by atoms with Gasteiger partial charge in [0.15, 0.2) is 0 Å². The van der Waals surface area contributed by atoms with Gasteiger partial charge in [0, 0.05) is 50.7 Å². The number of rotatable bonds is 5. The Balaban J connectivity index is 2.42. The first-order valence-corrected chi connectivity index (χ1v) is 7.99. The highest BCUT2D eigenvalue weighted by Gasteiger charge is 2.14. The van der Waals surface area contributed by atoms with Crippen molar-refractivity contribution in [1.82, 2.24) is 0 Å². The van der Waals surface area contributed by atoms with Gasteiger partial charge in [-0.15, -0.1) is 0 Å². The first-order valence-electron chi connectivity index (χ1n) is 7.99. The largest absolute Gasteiger partial charge is 0.378 e. The zero-order valence-corrected chi connectivity index (χ0v) is 15.0. The molecule has 0 aromatic heterocycles. The maximum Gasteiger partial charge on any atom is 0.0687 e. The smallest absolute Gasteiger partial charge is 0.0687 e. The summed E-state index contributed by atoms with van der Waals surface area (Å²) in [6, 6.07) is 14.5. The maximum atomic E-state index is 8.63. The second-order valence-electron chi connectivity index (χ2n) is 6.64. The molecular formula is C20H27N3. The third-order valence-electron chi connectivity index (χ3n) is 4.12. The molecule has 23 heavy (non-hydrogen) atoms. The van der Waals surface area contributed by atoms with Gasteiger partial charge >= 0.3 is 0 Å². The fraction of sp³-hybridized carbons (Fsp3) is 0.350. The Morgan fingerprint density at radius 2 is 1.35 bits per heavy atom.